The number of hydrogen-bond donors (Lipinski definition) is 0. The average molecular weight is 564 g/mol. The summed E-state index contributed by atoms with van der Waals surface area (Å²) in [6.07, 6.45) is 21.5. The molecule has 0 aromatic rings. The lowest BCUT2D eigenvalue weighted by Crippen LogP contribution is -2.47. The molecule has 0 amide bonds. The summed E-state index contributed by atoms with van der Waals surface area (Å²) in [5.41, 5.74) is 0. The van der Waals surface area contributed by atoms with Crippen molar-refractivity contribution in [3.8, 4) is 0 Å². The molecule has 0 atom stereocenters. The van der Waals surface area contributed by atoms with Gasteiger partial charge in [0.25, 0.3) is 0 Å². The molecule has 0 N–H and O–H groups in total. The highest BCUT2D eigenvalue weighted by molar-refractivity contribution is 7.80. The van der Waals surface area contributed by atoms with E-state index in [2.05, 4.69) is 59.7 Å². The predicted molar refractivity (Wildman–Crippen MR) is 165 cm³/mol. The van der Waals surface area contributed by atoms with Crippen LogP contribution < -0.4 is 0 Å². The van der Waals surface area contributed by atoms with Gasteiger partial charge in [0, 0.05) is 0 Å². The number of unbranched alkanes of at least 4 members (excludes halogenated alkanes) is 13. The number of quaternary nitrogens is 1. The highest BCUT2D eigenvalue weighted by atomic mass is 32.3. The van der Waals surface area contributed by atoms with Gasteiger partial charge in [-0.1, -0.05) is 132 Å². The Kier molecular flexibility index (Phi) is 27.1. The van der Waals surface area contributed by atoms with Crippen molar-refractivity contribution in [2.24, 2.45) is 17.8 Å². The fourth-order valence-corrected chi connectivity index (χ4v) is 4.82. The van der Waals surface area contributed by atoms with Crippen LogP contribution in [-0.4, -0.2) is 50.7 Å². The second kappa shape index (κ2) is 25.8. The molecular weight excluding hydrogens is 494 g/mol. The van der Waals surface area contributed by atoms with Gasteiger partial charge in [0.15, 0.2) is 0 Å². The Hall–Kier alpha value is -0.170. The molecule has 6 heteroatoms. The lowest BCUT2D eigenvalue weighted by molar-refractivity contribution is -0.911. The number of hydrogen-bond acceptors (Lipinski definition) is 4. The van der Waals surface area contributed by atoms with Gasteiger partial charge in [-0.25, -0.2) is 8.42 Å². The molecule has 0 aromatic carbocycles. The van der Waals surface area contributed by atoms with E-state index in [4.69, 9.17) is 0 Å². The molecule has 0 aliphatic heterocycles. The SMILES string of the molecule is CC(C)CC[N+](C)(CCC(C)C)CCC(C)C.CCCCCCCCCCCCCCCCOS(=O)(=O)[O-]. The molecule has 0 spiro atoms. The first-order valence-electron chi connectivity index (χ1n) is 16.2. The summed E-state index contributed by atoms with van der Waals surface area (Å²) in [5, 5.41) is 0. The Morgan fingerprint density at radius 1 is 0.579 bits per heavy atom. The van der Waals surface area contributed by atoms with Gasteiger partial charge in [0.2, 0.25) is 10.4 Å². The first kappa shape index (κ1) is 40.0. The molecule has 232 valence electrons. The molecule has 0 heterocycles. The summed E-state index contributed by atoms with van der Waals surface area (Å²) in [5.74, 6) is 2.52. The van der Waals surface area contributed by atoms with Crippen LogP contribution in [0.2, 0.25) is 0 Å². The first-order valence-corrected chi connectivity index (χ1v) is 17.6. The molecule has 0 aliphatic rings. The Bertz CT molecular complexity index is 559. The van der Waals surface area contributed by atoms with Crippen LogP contribution in [0.5, 0.6) is 0 Å². The van der Waals surface area contributed by atoms with E-state index >= 15 is 0 Å². The van der Waals surface area contributed by atoms with Crippen LogP contribution in [0, 0.1) is 17.8 Å². The summed E-state index contributed by atoms with van der Waals surface area (Å²) in [7, 11) is -2.03. The highest BCUT2D eigenvalue weighted by Gasteiger charge is 2.22. The van der Waals surface area contributed by atoms with Gasteiger partial charge in [-0.2, -0.15) is 0 Å². The Labute approximate surface area is 240 Å². The van der Waals surface area contributed by atoms with Gasteiger partial charge in [-0.15, -0.1) is 0 Å². The van der Waals surface area contributed by atoms with Gasteiger partial charge in [0.1, 0.15) is 0 Å². The minimum absolute atomic E-state index is 0.0316. The van der Waals surface area contributed by atoms with Crippen LogP contribution >= 0.6 is 0 Å². The van der Waals surface area contributed by atoms with E-state index in [0.29, 0.717) is 6.42 Å². The first-order chi connectivity index (χ1) is 17.8. The fraction of sp³-hybridized carbons (Fsp3) is 1.00. The van der Waals surface area contributed by atoms with Gasteiger partial charge >= 0.3 is 0 Å². The summed E-state index contributed by atoms with van der Waals surface area (Å²) in [6.45, 7) is 20.4. The van der Waals surface area contributed by atoms with E-state index in [-0.39, 0.29) is 6.61 Å². The second-order valence-electron chi connectivity index (χ2n) is 13.2. The van der Waals surface area contributed by atoms with Crippen LogP contribution in [0.1, 0.15) is 158 Å². The molecule has 0 aliphatic carbocycles. The maximum absolute atomic E-state index is 10.2. The molecule has 0 saturated carbocycles. The Balaban J connectivity index is 0. The summed E-state index contributed by atoms with van der Waals surface area (Å²) in [6, 6.07) is 0. The molecule has 0 saturated heterocycles. The third-order valence-corrected chi connectivity index (χ3v) is 7.92. The topological polar surface area (TPSA) is 66.4 Å². The Morgan fingerprint density at radius 2 is 0.868 bits per heavy atom. The third-order valence-electron chi connectivity index (χ3n) is 7.46. The van der Waals surface area contributed by atoms with Crippen molar-refractivity contribution in [1.29, 1.82) is 0 Å². The standard InChI is InChI=1S/C16H36N.C16H34O4S/c1-14(2)8-11-17(7,12-9-15(3)4)13-10-16(5)6;1-2-3-4-5-6-7-8-9-10-11-12-13-14-15-16-20-21(17,18)19/h14-16H,8-13H2,1-7H3;2-16H2,1H3,(H,17,18,19)/q+1;/p-1. The van der Waals surface area contributed by atoms with E-state index in [1.54, 1.807) is 0 Å². The van der Waals surface area contributed by atoms with E-state index in [0.717, 1.165) is 30.6 Å². The van der Waals surface area contributed by atoms with E-state index in [9.17, 15) is 13.0 Å². The number of rotatable bonds is 25. The summed E-state index contributed by atoms with van der Waals surface area (Å²) >= 11 is 0. The molecule has 0 bridgehead atoms. The zero-order valence-electron chi connectivity index (χ0n) is 27.1. The van der Waals surface area contributed by atoms with Gasteiger partial charge in [0.05, 0.1) is 33.3 Å². The molecule has 0 aromatic heterocycles. The monoisotopic (exact) mass is 563 g/mol. The minimum atomic E-state index is -4.49. The zero-order chi connectivity index (χ0) is 29.3. The van der Waals surface area contributed by atoms with Crippen LogP contribution in [0.25, 0.3) is 0 Å². The van der Waals surface area contributed by atoms with Crippen LogP contribution in [0.4, 0.5) is 0 Å². The minimum Gasteiger partial charge on any atom is -0.726 e. The quantitative estimate of drug-likeness (QED) is 0.0480. The van der Waals surface area contributed by atoms with Crippen LogP contribution in [0.15, 0.2) is 0 Å². The predicted octanol–water partition coefficient (Wildman–Crippen LogP) is 9.52. The number of nitrogens with zero attached hydrogens (tertiary/aromatic N) is 1. The smallest absolute Gasteiger partial charge is 0.217 e. The van der Waals surface area contributed by atoms with Gasteiger partial charge < -0.3 is 9.04 Å². The molecule has 0 unspecified atom stereocenters. The lowest BCUT2D eigenvalue weighted by atomic mass is 10.0. The Morgan fingerprint density at radius 3 is 1.13 bits per heavy atom. The van der Waals surface area contributed by atoms with Crippen molar-refractivity contribution in [3.63, 3.8) is 0 Å². The van der Waals surface area contributed by atoms with Crippen molar-refractivity contribution in [2.75, 3.05) is 33.3 Å². The van der Waals surface area contributed by atoms with E-state index in [1.807, 2.05) is 0 Å². The van der Waals surface area contributed by atoms with Crippen LogP contribution in [-0.2, 0) is 14.6 Å². The van der Waals surface area contributed by atoms with E-state index in [1.165, 1.54) is 114 Å². The van der Waals surface area contributed by atoms with Crippen LogP contribution in [0.3, 0.4) is 0 Å². The van der Waals surface area contributed by atoms with Gasteiger partial charge in [-0.3, -0.25) is 4.18 Å². The highest BCUT2D eigenvalue weighted by Crippen LogP contribution is 2.16. The molecule has 38 heavy (non-hydrogen) atoms. The third kappa shape index (κ3) is 33.9. The summed E-state index contributed by atoms with van der Waals surface area (Å²) < 4.78 is 36.0. The van der Waals surface area contributed by atoms with Crippen molar-refractivity contribution < 1.29 is 21.6 Å². The molecule has 5 nitrogen and oxygen atoms in total. The van der Waals surface area contributed by atoms with Crippen molar-refractivity contribution in [3.05, 3.63) is 0 Å². The summed E-state index contributed by atoms with van der Waals surface area (Å²) in [4.78, 5) is 0. The molecular formula is C32H69NO4S. The molecule has 0 rings (SSSR count). The van der Waals surface area contributed by atoms with Crippen molar-refractivity contribution in [2.45, 2.75) is 158 Å². The second-order valence-corrected chi connectivity index (χ2v) is 14.2. The fourth-order valence-electron chi connectivity index (χ4n) is 4.50. The van der Waals surface area contributed by atoms with Gasteiger partial charge in [-0.05, 0) is 43.4 Å². The maximum Gasteiger partial charge on any atom is 0.217 e. The van der Waals surface area contributed by atoms with E-state index < -0.39 is 10.4 Å². The lowest BCUT2D eigenvalue weighted by Gasteiger charge is -2.36. The van der Waals surface area contributed by atoms with Crippen molar-refractivity contribution in [1.82, 2.24) is 0 Å². The average Bonchev–Trinajstić information content (AvgIpc) is 2.82. The zero-order valence-corrected chi connectivity index (χ0v) is 27.9. The largest absolute Gasteiger partial charge is 0.726 e. The maximum atomic E-state index is 10.2. The molecule has 0 radical (unpaired) electrons. The van der Waals surface area contributed by atoms with Crippen molar-refractivity contribution >= 4 is 10.4 Å². The normalized spacial score (nSPS) is 12.4. The molecule has 0 fully saturated rings.